The van der Waals surface area contributed by atoms with E-state index >= 15 is 0 Å². The maximum absolute atomic E-state index is 12.9. The highest BCUT2D eigenvalue weighted by Gasteiger charge is 2.32. The lowest BCUT2D eigenvalue weighted by Gasteiger charge is -2.31. The van der Waals surface area contributed by atoms with Crippen molar-refractivity contribution in [3.05, 3.63) is 58.8 Å². The number of carbonyl (C=O) groups is 1. The van der Waals surface area contributed by atoms with Crippen LogP contribution in [-0.2, 0) is 6.54 Å². The molecule has 146 valence electrons. The van der Waals surface area contributed by atoms with Crippen LogP contribution in [0, 0.1) is 5.92 Å². The van der Waals surface area contributed by atoms with Crippen molar-refractivity contribution in [1.29, 1.82) is 0 Å². The average Bonchev–Trinajstić information content (AvgIpc) is 3.00. The molecule has 1 unspecified atom stereocenters. The quantitative estimate of drug-likeness (QED) is 0.805. The number of benzene rings is 2. The van der Waals surface area contributed by atoms with Crippen molar-refractivity contribution in [2.24, 2.45) is 5.92 Å². The molecule has 1 atom stereocenters. The summed E-state index contributed by atoms with van der Waals surface area (Å²) in [5.41, 5.74) is 1.96. The van der Waals surface area contributed by atoms with Gasteiger partial charge >= 0.3 is 0 Å². The molecule has 2 aromatic rings. The third-order valence-corrected chi connectivity index (χ3v) is 5.46. The number of ketones is 1. The van der Waals surface area contributed by atoms with E-state index in [2.05, 4.69) is 11.8 Å². The van der Waals surface area contributed by atoms with Crippen LogP contribution in [0.25, 0.3) is 6.08 Å². The number of allylic oxidation sites excluding steroid dienone is 1. The van der Waals surface area contributed by atoms with Gasteiger partial charge in [-0.1, -0.05) is 25.1 Å². The van der Waals surface area contributed by atoms with Crippen LogP contribution < -0.4 is 9.47 Å². The van der Waals surface area contributed by atoms with E-state index in [1.54, 1.807) is 25.3 Å². The zero-order valence-electron chi connectivity index (χ0n) is 16.3. The molecule has 0 aliphatic carbocycles. The number of hydrogen-bond donors (Lipinski definition) is 1. The number of rotatable bonds is 4. The lowest BCUT2D eigenvalue weighted by Crippen LogP contribution is -2.33. The van der Waals surface area contributed by atoms with Crippen LogP contribution in [0.4, 0.5) is 0 Å². The number of nitrogens with zero attached hydrogens (tertiary/aromatic N) is 1. The molecule has 4 rings (SSSR count). The zero-order valence-corrected chi connectivity index (χ0v) is 16.3. The molecule has 0 aromatic heterocycles. The number of aromatic hydroxyl groups is 1. The fourth-order valence-corrected chi connectivity index (χ4v) is 4.03. The van der Waals surface area contributed by atoms with Gasteiger partial charge in [0.15, 0.2) is 5.76 Å². The summed E-state index contributed by atoms with van der Waals surface area (Å²) in [6, 6.07) is 10.7. The highest BCUT2D eigenvalue weighted by atomic mass is 16.5. The number of piperidine rings is 1. The minimum Gasteiger partial charge on any atom is -0.507 e. The first-order valence-electron chi connectivity index (χ1n) is 9.71. The van der Waals surface area contributed by atoms with Gasteiger partial charge in [0, 0.05) is 18.7 Å². The number of para-hydroxylation sites is 1. The van der Waals surface area contributed by atoms with Crippen molar-refractivity contribution in [2.45, 2.75) is 26.3 Å². The van der Waals surface area contributed by atoms with Crippen molar-refractivity contribution < 1.29 is 19.4 Å². The third kappa shape index (κ3) is 3.50. The number of fused-ring (bicyclic) bond motifs is 1. The molecule has 2 aliphatic rings. The van der Waals surface area contributed by atoms with E-state index in [-0.39, 0.29) is 17.3 Å². The Kier molecular flexibility index (Phi) is 5.09. The Bertz CT molecular complexity index is 934. The summed E-state index contributed by atoms with van der Waals surface area (Å²) in [5.74, 6) is 2.03. The molecule has 0 bridgehead atoms. The maximum Gasteiger partial charge on any atom is 0.231 e. The zero-order chi connectivity index (χ0) is 19.7. The van der Waals surface area contributed by atoms with Crippen molar-refractivity contribution in [3.63, 3.8) is 0 Å². The number of ether oxygens (including phenoxy) is 2. The Balaban J connectivity index is 1.66. The molecule has 5 heteroatoms. The Labute approximate surface area is 165 Å². The standard InChI is InChI=1S/C23H25NO4/c1-15-6-5-11-24(13-15)14-18-19(25)10-9-17-22(26)21(28-23(17)18)12-16-7-3-4-8-20(16)27-2/h3-4,7-10,12,15,25H,5-6,11,13-14H2,1-2H3. The highest BCUT2D eigenvalue weighted by molar-refractivity contribution is 6.15. The molecule has 2 aliphatic heterocycles. The Morgan fingerprint density at radius 1 is 1.29 bits per heavy atom. The van der Waals surface area contributed by atoms with Crippen LogP contribution in [0.5, 0.6) is 17.2 Å². The van der Waals surface area contributed by atoms with E-state index in [0.29, 0.717) is 35.1 Å². The molecule has 1 saturated heterocycles. The maximum atomic E-state index is 12.9. The number of hydrogen-bond acceptors (Lipinski definition) is 5. The van der Waals surface area contributed by atoms with Crippen LogP contribution in [0.3, 0.4) is 0 Å². The monoisotopic (exact) mass is 379 g/mol. The molecule has 28 heavy (non-hydrogen) atoms. The van der Waals surface area contributed by atoms with E-state index in [9.17, 15) is 9.90 Å². The van der Waals surface area contributed by atoms with Gasteiger partial charge in [-0.25, -0.2) is 0 Å². The van der Waals surface area contributed by atoms with E-state index in [0.717, 1.165) is 25.1 Å². The summed E-state index contributed by atoms with van der Waals surface area (Å²) in [4.78, 5) is 15.2. The van der Waals surface area contributed by atoms with E-state index in [1.807, 2.05) is 24.3 Å². The Hall–Kier alpha value is -2.79. The second-order valence-electron chi connectivity index (χ2n) is 7.60. The van der Waals surface area contributed by atoms with Crippen LogP contribution in [0.1, 0.15) is 41.3 Å². The number of phenolic OH excluding ortho intramolecular Hbond substituents is 1. The van der Waals surface area contributed by atoms with Crippen molar-refractivity contribution in [1.82, 2.24) is 4.90 Å². The minimum atomic E-state index is -0.172. The highest BCUT2D eigenvalue weighted by Crippen LogP contribution is 2.41. The van der Waals surface area contributed by atoms with Gasteiger partial charge < -0.3 is 14.6 Å². The van der Waals surface area contributed by atoms with Crippen LogP contribution in [-0.4, -0.2) is 36.0 Å². The number of phenols is 1. The molecule has 1 fully saturated rings. The molecule has 2 aromatic carbocycles. The first kappa shape index (κ1) is 18.6. The number of methoxy groups -OCH3 is 1. The number of likely N-dealkylation sites (tertiary alicyclic amines) is 1. The molecule has 0 amide bonds. The minimum absolute atomic E-state index is 0.170. The van der Waals surface area contributed by atoms with Gasteiger partial charge in [0.2, 0.25) is 5.78 Å². The smallest absolute Gasteiger partial charge is 0.231 e. The summed E-state index contributed by atoms with van der Waals surface area (Å²) in [7, 11) is 1.60. The van der Waals surface area contributed by atoms with Gasteiger partial charge in [-0.2, -0.15) is 0 Å². The lowest BCUT2D eigenvalue weighted by atomic mass is 9.99. The SMILES string of the molecule is COc1ccccc1C=C1Oc2c(ccc(O)c2CN2CCCC(C)C2)C1=O. The summed E-state index contributed by atoms with van der Waals surface area (Å²) < 4.78 is 11.3. The van der Waals surface area contributed by atoms with Crippen molar-refractivity contribution in [3.8, 4) is 17.2 Å². The Morgan fingerprint density at radius 2 is 2.11 bits per heavy atom. The molecule has 0 spiro atoms. The fourth-order valence-electron chi connectivity index (χ4n) is 4.03. The third-order valence-electron chi connectivity index (χ3n) is 5.46. The second-order valence-corrected chi connectivity index (χ2v) is 7.60. The number of carbonyl (C=O) groups excluding carboxylic acids is 1. The molecule has 0 saturated carbocycles. The van der Waals surface area contributed by atoms with Crippen molar-refractivity contribution >= 4 is 11.9 Å². The number of Topliss-reactive ketones (excluding diaryl/α,β-unsaturated/α-hetero) is 1. The lowest BCUT2D eigenvalue weighted by molar-refractivity contribution is 0.101. The van der Waals surface area contributed by atoms with Crippen LogP contribution in [0.2, 0.25) is 0 Å². The van der Waals surface area contributed by atoms with Gasteiger partial charge in [-0.15, -0.1) is 0 Å². The van der Waals surface area contributed by atoms with E-state index < -0.39 is 0 Å². The van der Waals surface area contributed by atoms with Crippen LogP contribution >= 0.6 is 0 Å². The van der Waals surface area contributed by atoms with Gasteiger partial charge in [-0.3, -0.25) is 9.69 Å². The summed E-state index contributed by atoms with van der Waals surface area (Å²) in [6.07, 6.45) is 4.08. The average molecular weight is 379 g/mol. The molecular weight excluding hydrogens is 354 g/mol. The normalized spacial score (nSPS) is 20.9. The Morgan fingerprint density at radius 3 is 2.89 bits per heavy atom. The van der Waals surface area contributed by atoms with Gasteiger partial charge in [0.05, 0.1) is 18.2 Å². The molecular formula is C23H25NO4. The fraction of sp³-hybridized carbons (Fsp3) is 0.348. The second kappa shape index (κ2) is 7.68. The summed E-state index contributed by atoms with van der Waals surface area (Å²) in [5, 5.41) is 10.5. The van der Waals surface area contributed by atoms with Crippen LogP contribution in [0.15, 0.2) is 42.2 Å². The predicted octanol–water partition coefficient (Wildman–Crippen LogP) is 4.25. The molecule has 5 nitrogen and oxygen atoms in total. The molecule has 0 radical (unpaired) electrons. The largest absolute Gasteiger partial charge is 0.507 e. The van der Waals surface area contributed by atoms with Crippen molar-refractivity contribution in [2.75, 3.05) is 20.2 Å². The molecule has 2 heterocycles. The van der Waals surface area contributed by atoms with E-state index in [4.69, 9.17) is 9.47 Å². The first-order chi connectivity index (χ1) is 13.6. The van der Waals surface area contributed by atoms with E-state index in [1.165, 1.54) is 6.42 Å². The summed E-state index contributed by atoms with van der Waals surface area (Å²) >= 11 is 0. The predicted molar refractivity (Wildman–Crippen MR) is 108 cm³/mol. The van der Waals surface area contributed by atoms with Gasteiger partial charge in [0.1, 0.15) is 17.2 Å². The summed E-state index contributed by atoms with van der Waals surface area (Å²) in [6.45, 7) is 4.80. The van der Waals surface area contributed by atoms with Gasteiger partial charge in [-0.05, 0) is 49.6 Å². The topological polar surface area (TPSA) is 59.0 Å². The molecule has 1 N–H and O–H groups in total. The first-order valence-corrected chi connectivity index (χ1v) is 9.71. The van der Waals surface area contributed by atoms with Gasteiger partial charge in [0.25, 0.3) is 0 Å².